The third-order valence-electron chi connectivity index (χ3n) is 4.26. The molecule has 1 aromatic carbocycles. The van der Waals surface area contributed by atoms with Gasteiger partial charge in [-0.05, 0) is 63.0 Å². The number of hydrogen-bond acceptors (Lipinski definition) is 3. The minimum atomic E-state index is -3.43. The third-order valence-corrected chi connectivity index (χ3v) is 5.99. The molecule has 6 heteroatoms. The molecule has 1 N–H and O–H groups in total. The van der Waals surface area contributed by atoms with Crippen LogP contribution in [0.15, 0.2) is 29.2 Å². The van der Waals surface area contributed by atoms with Gasteiger partial charge >= 0.3 is 0 Å². The van der Waals surface area contributed by atoms with Crippen molar-refractivity contribution in [2.45, 2.75) is 50.0 Å². The number of halogens is 1. The second-order valence-electron chi connectivity index (χ2n) is 5.80. The van der Waals surface area contributed by atoms with Gasteiger partial charge in [0.15, 0.2) is 0 Å². The molecule has 1 heterocycles. The van der Waals surface area contributed by atoms with Gasteiger partial charge in [0.1, 0.15) is 0 Å². The summed E-state index contributed by atoms with van der Waals surface area (Å²) < 4.78 is 27.0. The fraction of sp³-hybridized carbons (Fsp3) is 0.625. The third kappa shape index (κ3) is 4.95. The van der Waals surface area contributed by atoms with Gasteiger partial charge in [0.2, 0.25) is 10.0 Å². The Labute approximate surface area is 138 Å². The summed E-state index contributed by atoms with van der Waals surface area (Å²) >= 11 is 5.78. The van der Waals surface area contributed by atoms with E-state index in [4.69, 9.17) is 11.6 Å². The van der Waals surface area contributed by atoms with Crippen LogP contribution in [0.4, 0.5) is 0 Å². The summed E-state index contributed by atoms with van der Waals surface area (Å²) in [6.07, 6.45) is 5.86. The molecule has 1 saturated heterocycles. The van der Waals surface area contributed by atoms with Crippen LogP contribution < -0.4 is 4.72 Å². The molecular formula is C16H25ClN2O2S. The molecule has 0 bridgehead atoms. The minimum Gasteiger partial charge on any atom is -0.300 e. The van der Waals surface area contributed by atoms with Crippen LogP contribution in [0.3, 0.4) is 0 Å². The second-order valence-corrected chi connectivity index (χ2v) is 8.00. The van der Waals surface area contributed by atoms with Crippen molar-refractivity contribution in [1.29, 1.82) is 0 Å². The predicted octanol–water partition coefficient (Wildman–Crippen LogP) is 3.27. The summed E-state index contributed by atoms with van der Waals surface area (Å²) in [5.74, 6) is 0. The molecular weight excluding hydrogens is 320 g/mol. The van der Waals surface area contributed by atoms with Crippen LogP contribution in [0, 0.1) is 0 Å². The van der Waals surface area contributed by atoms with Crippen molar-refractivity contribution in [3.05, 3.63) is 29.3 Å². The van der Waals surface area contributed by atoms with E-state index < -0.39 is 10.0 Å². The fourth-order valence-electron chi connectivity index (χ4n) is 3.00. The predicted molar refractivity (Wildman–Crippen MR) is 90.8 cm³/mol. The molecule has 2 rings (SSSR count). The molecule has 0 aliphatic carbocycles. The summed E-state index contributed by atoms with van der Waals surface area (Å²) in [6.45, 7) is 4.80. The summed E-state index contributed by atoms with van der Waals surface area (Å²) in [4.78, 5) is 2.77. The number of piperidine rings is 1. The second kappa shape index (κ2) is 8.29. The molecule has 0 spiro atoms. The number of hydrogen-bond donors (Lipinski definition) is 1. The van der Waals surface area contributed by atoms with Gasteiger partial charge in [-0.2, -0.15) is 0 Å². The molecule has 1 aliphatic rings. The lowest BCUT2D eigenvalue weighted by atomic mass is 10.00. The number of nitrogens with zero attached hydrogens (tertiary/aromatic N) is 1. The number of nitrogens with one attached hydrogen (secondary N) is 1. The minimum absolute atomic E-state index is 0.265. The Bertz CT molecular complexity index is 560. The van der Waals surface area contributed by atoms with Gasteiger partial charge in [-0.25, -0.2) is 13.1 Å². The molecule has 1 fully saturated rings. The maximum absolute atomic E-state index is 12.1. The summed E-state index contributed by atoms with van der Waals surface area (Å²) in [7, 11) is -3.43. The van der Waals surface area contributed by atoms with E-state index >= 15 is 0 Å². The standard InChI is InChI=1S/C16H25ClN2O2S/c1-2-15-6-3-4-12-19(15)13-5-11-18-22(20,21)16-9-7-14(17)8-10-16/h7-10,15,18H,2-6,11-13H2,1H3/t15-/m1/s1. The zero-order valence-corrected chi connectivity index (χ0v) is 14.7. The van der Waals surface area contributed by atoms with Gasteiger partial charge in [-0.3, -0.25) is 0 Å². The smallest absolute Gasteiger partial charge is 0.240 e. The maximum atomic E-state index is 12.1. The van der Waals surface area contributed by atoms with Crippen LogP contribution >= 0.6 is 11.6 Å². The number of rotatable bonds is 7. The van der Waals surface area contributed by atoms with E-state index in [1.807, 2.05) is 0 Å². The van der Waals surface area contributed by atoms with E-state index in [1.165, 1.54) is 37.8 Å². The van der Waals surface area contributed by atoms with Gasteiger partial charge in [-0.1, -0.05) is 24.9 Å². The van der Waals surface area contributed by atoms with Gasteiger partial charge in [0, 0.05) is 17.6 Å². The monoisotopic (exact) mass is 344 g/mol. The van der Waals surface area contributed by atoms with Gasteiger partial charge in [0.25, 0.3) is 0 Å². The van der Waals surface area contributed by atoms with Crippen molar-refractivity contribution in [1.82, 2.24) is 9.62 Å². The normalized spacial score (nSPS) is 20.2. The van der Waals surface area contributed by atoms with E-state index in [-0.39, 0.29) is 4.90 Å². The van der Waals surface area contributed by atoms with Gasteiger partial charge in [-0.15, -0.1) is 0 Å². The van der Waals surface area contributed by atoms with Gasteiger partial charge < -0.3 is 4.90 Å². The number of likely N-dealkylation sites (tertiary alicyclic amines) is 1. The van der Waals surface area contributed by atoms with E-state index in [1.54, 1.807) is 12.1 Å². The first-order valence-electron chi connectivity index (χ1n) is 8.02. The van der Waals surface area contributed by atoms with Crippen LogP contribution in [-0.4, -0.2) is 39.0 Å². The Morgan fingerprint density at radius 3 is 2.68 bits per heavy atom. The molecule has 4 nitrogen and oxygen atoms in total. The quantitative estimate of drug-likeness (QED) is 0.772. The number of benzene rings is 1. The van der Waals surface area contributed by atoms with Crippen molar-refractivity contribution < 1.29 is 8.42 Å². The molecule has 1 aliphatic heterocycles. The molecule has 1 aromatic rings. The Balaban J connectivity index is 1.79. The molecule has 0 unspecified atom stereocenters. The van der Waals surface area contributed by atoms with E-state index in [0.29, 0.717) is 17.6 Å². The highest BCUT2D eigenvalue weighted by molar-refractivity contribution is 7.89. The lowest BCUT2D eigenvalue weighted by molar-refractivity contribution is 0.143. The van der Waals surface area contributed by atoms with Crippen molar-refractivity contribution in [3.8, 4) is 0 Å². The Morgan fingerprint density at radius 2 is 2.00 bits per heavy atom. The van der Waals surface area contributed by atoms with Crippen molar-refractivity contribution in [2.75, 3.05) is 19.6 Å². The summed E-state index contributed by atoms with van der Waals surface area (Å²) in [6, 6.07) is 6.91. The summed E-state index contributed by atoms with van der Waals surface area (Å²) in [5, 5.41) is 0.537. The molecule has 1 atom stereocenters. The largest absolute Gasteiger partial charge is 0.300 e. The zero-order valence-electron chi connectivity index (χ0n) is 13.1. The van der Waals surface area contributed by atoms with Crippen molar-refractivity contribution in [2.24, 2.45) is 0 Å². The van der Waals surface area contributed by atoms with Crippen LogP contribution in [0.1, 0.15) is 39.0 Å². The van der Waals surface area contributed by atoms with Crippen molar-refractivity contribution in [3.63, 3.8) is 0 Å². The van der Waals surface area contributed by atoms with Gasteiger partial charge in [0.05, 0.1) is 4.90 Å². The Morgan fingerprint density at radius 1 is 1.27 bits per heavy atom. The van der Waals surface area contributed by atoms with E-state index in [0.717, 1.165) is 19.5 Å². The van der Waals surface area contributed by atoms with E-state index in [2.05, 4.69) is 16.5 Å². The van der Waals surface area contributed by atoms with Crippen molar-refractivity contribution >= 4 is 21.6 Å². The highest BCUT2D eigenvalue weighted by Gasteiger charge is 2.20. The first-order valence-corrected chi connectivity index (χ1v) is 9.88. The molecule has 22 heavy (non-hydrogen) atoms. The first kappa shape index (κ1) is 17.7. The molecule has 0 aromatic heterocycles. The van der Waals surface area contributed by atoms with Crippen LogP contribution in [0.25, 0.3) is 0 Å². The topological polar surface area (TPSA) is 49.4 Å². The lowest BCUT2D eigenvalue weighted by Gasteiger charge is -2.35. The fourth-order valence-corrected chi connectivity index (χ4v) is 4.20. The first-order chi connectivity index (χ1) is 10.5. The number of sulfonamides is 1. The zero-order chi connectivity index (χ0) is 16.0. The lowest BCUT2D eigenvalue weighted by Crippen LogP contribution is -2.40. The molecule has 0 saturated carbocycles. The Hall–Kier alpha value is -0.620. The highest BCUT2D eigenvalue weighted by atomic mass is 35.5. The SMILES string of the molecule is CC[C@@H]1CCCCN1CCCNS(=O)(=O)c1ccc(Cl)cc1. The van der Waals surface area contributed by atoms with Crippen LogP contribution in [0.5, 0.6) is 0 Å². The van der Waals surface area contributed by atoms with Crippen LogP contribution in [-0.2, 0) is 10.0 Å². The van der Waals surface area contributed by atoms with Crippen LogP contribution in [0.2, 0.25) is 5.02 Å². The average molecular weight is 345 g/mol. The Kier molecular flexibility index (Phi) is 6.68. The maximum Gasteiger partial charge on any atom is 0.240 e. The average Bonchev–Trinajstić information content (AvgIpc) is 2.52. The highest BCUT2D eigenvalue weighted by Crippen LogP contribution is 2.19. The molecule has 124 valence electrons. The van der Waals surface area contributed by atoms with E-state index in [9.17, 15) is 8.42 Å². The molecule has 0 radical (unpaired) electrons. The molecule has 0 amide bonds. The summed E-state index contributed by atoms with van der Waals surface area (Å²) in [5.41, 5.74) is 0.